The van der Waals surface area contributed by atoms with Crippen LogP contribution in [0.4, 0.5) is 4.39 Å². The third-order valence-electron chi connectivity index (χ3n) is 6.14. The van der Waals surface area contributed by atoms with Crippen molar-refractivity contribution in [3.8, 4) is 11.5 Å². The second kappa shape index (κ2) is 11.2. The number of ether oxygens (including phenoxy) is 2. The first kappa shape index (κ1) is 25.7. The van der Waals surface area contributed by atoms with Crippen LogP contribution in [0.3, 0.4) is 0 Å². The van der Waals surface area contributed by atoms with E-state index in [1.54, 1.807) is 36.4 Å². The van der Waals surface area contributed by atoms with Gasteiger partial charge >= 0.3 is 0 Å². The van der Waals surface area contributed by atoms with Crippen molar-refractivity contribution in [2.24, 2.45) is 10.1 Å². The van der Waals surface area contributed by atoms with Crippen molar-refractivity contribution in [2.75, 3.05) is 19.7 Å². The lowest BCUT2D eigenvalue weighted by Crippen LogP contribution is -2.35. The molecule has 2 aromatic carbocycles. The van der Waals surface area contributed by atoms with Crippen LogP contribution < -0.4 is 9.47 Å². The van der Waals surface area contributed by atoms with Gasteiger partial charge in [0.15, 0.2) is 17.3 Å². The second-order valence-corrected chi connectivity index (χ2v) is 9.87. The summed E-state index contributed by atoms with van der Waals surface area (Å²) in [5, 5.41) is 15.1. The maximum atomic E-state index is 13.2. The van der Waals surface area contributed by atoms with Crippen LogP contribution in [0.15, 0.2) is 58.1 Å². The molecule has 0 radical (unpaired) electrons. The van der Waals surface area contributed by atoms with Crippen LogP contribution >= 0.6 is 11.8 Å². The van der Waals surface area contributed by atoms with Gasteiger partial charge in [0.05, 0.1) is 18.6 Å². The number of hydrogen-bond donors (Lipinski definition) is 1. The number of nitrogens with zero attached hydrogens (tertiary/aromatic N) is 4. The molecule has 0 spiro atoms. The third-order valence-corrected chi connectivity index (χ3v) is 7.05. The van der Waals surface area contributed by atoms with Crippen LogP contribution in [0.1, 0.15) is 37.3 Å². The summed E-state index contributed by atoms with van der Waals surface area (Å²) in [6, 6.07) is 11.2. The Morgan fingerprint density at radius 2 is 1.89 bits per heavy atom. The van der Waals surface area contributed by atoms with E-state index in [1.807, 2.05) is 11.8 Å². The molecule has 0 aliphatic carbocycles. The van der Waals surface area contributed by atoms with Crippen molar-refractivity contribution in [1.82, 2.24) is 9.91 Å². The molecule has 3 aliphatic rings. The Morgan fingerprint density at radius 3 is 2.63 bits per heavy atom. The fourth-order valence-corrected chi connectivity index (χ4v) is 5.10. The molecule has 1 saturated heterocycles. The Bertz CT molecular complexity index is 1370. The molecule has 2 amide bonds. The number of nitrogens with one attached hydrogen (secondary N) is 1. The van der Waals surface area contributed by atoms with Gasteiger partial charge in [-0.25, -0.2) is 4.39 Å². The van der Waals surface area contributed by atoms with Crippen LogP contribution in [0.25, 0.3) is 6.08 Å². The highest BCUT2D eigenvalue weighted by Crippen LogP contribution is 2.33. The Hall–Kier alpha value is -3.99. The molecule has 5 rings (SSSR count). The summed E-state index contributed by atoms with van der Waals surface area (Å²) in [5.74, 6) is -0.00763. The highest BCUT2D eigenvalue weighted by molar-refractivity contribution is 8.27. The number of hydrogen-bond acceptors (Lipinski definition) is 7. The summed E-state index contributed by atoms with van der Waals surface area (Å²) in [5.41, 5.74) is 1.50. The minimum atomic E-state index is -0.550. The van der Waals surface area contributed by atoms with Crippen molar-refractivity contribution in [3.63, 3.8) is 0 Å². The molecule has 0 atom stereocenters. The SMILES string of the molecule is CCOc1cc(/C=C2/C(=N)N3N=C(CC(=O)N4CCCC4)SC3=NC2=O)ccc1OCc1ccc(F)cc1. The maximum absolute atomic E-state index is 13.2. The molecule has 0 aromatic heterocycles. The van der Waals surface area contributed by atoms with E-state index in [0.29, 0.717) is 28.7 Å². The predicted molar refractivity (Wildman–Crippen MR) is 144 cm³/mol. The van der Waals surface area contributed by atoms with Crippen LogP contribution in [0, 0.1) is 11.2 Å². The highest BCUT2D eigenvalue weighted by atomic mass is 32.2. The fraction of sp³-hybridized carbons (Fsp3) is 0.296. The predicted octanol–water partition coefficient (Wildman–Crippen LogP) is 4.44. The normalized spacial score (nSPS) is 18.0. The van der Waals surface area contributed by atoms with Crippen LogP contribution in [0.5, 0.6) is 11.5 Å². The third kappa shape index (κ3) is 5.62. The average molecular weight is 536 g/mol. The number of fused-ring (bicyclic) bond motifs is 1. The topological polar surface area (TPSA) is 108 Å². The number of likely N-dealkylation sites (tertiary alicyclic amines) is 1. The van der Waals surface area contributed by atoms with Crippen molar-refractivity contribution in [3.05, 3.63) is 65.0 Å². The smallest absolute Gasteiger partial charge is 0.283 e. The van der Waals surface area contributed by atoms with Gasteiger partial charge in [0.2, 0.25) is 11.1 Å². The Labute approximate surface area is 223 Å². The zero-order valence-corrected chi connectivity index (χ0v) is 21.6. The molecule has 3 heterocycles. The number of carbonyl (C=O) groups excluding carboxylic acids is 2. The molecule has 1 N–H and O–H groups in total. The van der Waals surface area contributed by atoms with Gasteiger partial charge in [-0.15, -0.1) is 0 Å². The van der Waals surface area contributed by atoms with E-state index in [4.69, 9.17) is 14.9 Å². The first-order valence-corrected chi connectivity index (χ1v) is 13.1. The monoisotopic (exact) mass is 535 g/mol. The molecular formula is C27H26FN5O4S. The second-order valence-electron chi connectivity index (χ2n) is 8.83. The van der Waals surface area contributed by atoms with Crippen molar-refractivity contribution < 1.29 is 23.5 Å². The number of benzene rings is 2. The average Bonchev–Trinajstić information content (AvgIpc) is 3.58. The molecule has 0 bridgehead atoms. The van der Waals surface area contributed by atoms with Gasteiger partial charge in [0.25, 0.3) is 5.91 Å². The van der Waals surface area contributed by atoms with E-state index < -0.39 is 5.91 Å². The molecule has 0 unspecified atom stereocenters. The van der Waals surface area contributed by atoms with E-state index in [-0.39, 0.29) is 41.3 Å². The Morgan fingerprint density at radius 1 is 1.13 bits per heavy atom. The van der Waals surface area contributed by atoms with Gasteiger partial charge in [-0.05, 0) is 73.0 Å². The van der Waals surface area contributed by atoms with Gasteiger partial charge in [0, 0.05) is 13.1 Å². The first-order valence-electron chi connectivity index (χ1n) is 12.3. The number of amides is 2. The summed E-state index contributed by atoms with van der Waals surface area (Å²) in [7, 11) is 0. The summed E-state index contributed by atoms with van der Waals surface area (Å²) in [4.78, 5) is 31.2. The molecule has 11 heteroatoms. The summed E-state index contributed by atoms with van der Waals surface area (Å²) in [6.45, 7) is 3.98. The molecule has 9 nitrogen and oxygen atoms in total. The van der Waals surface area contributed by atoms with E-state index in [2.05, 4.69) is 10.1 Å². The van der Waals surface area contributed by atoms with Gasteiger partial charge in [-0.3, -0.25) is 15.0 Å². The van der Waals surface area contributed by atoms with Crippen LogP contribution in [0.2, 0.25) is 0 Å². The highest BCUT2D eigenvalue weighted by Gasteiger charge is 2.36. The number of amidine groups is 2. The van der Waals surface area contributed by atoms with E-state index in [1.165, 1.54) is 17.1 Å². The van der Waals surface area contributed by atoms with Gasteiger partial charge < -0.3 is 14.4 Å². The van der Waals surface area contributed by atoms with Crippen LogP contribution in [-0.4, -0.2) is 57.5 Å². The van der Waals surface area contributed by atoms with E-state index in [0.717, 1.165) is 43.3 Å². The number of carbonyl (C=O) groups is 2. The fourth-order valence-electron chi connectivity index (χ4n) is 4.22. The lowest BCUT2D eigenvalue weighted by atomic mass is 10.1. The van der Waals surface area contributed by atoms with Crippen molar-refractivity contribution >= 4 is 45.7 Å². The Balaban J connectivity index is 1.32. The minimum absolute atomic E-state index is 0.00647. The molecule has 38 heavy (non-hydrogen) atoms. The lowest BCUT2D eigenvalue weighted by molar-refractivity contribution is -0.128. The number of thioether (sulfide) groups is 1. The summed E-state index contributed by atoms with van der Waals surface area (Å²) < 4.78 is 24.8. The molecule has 3 aliphatic heterocycles. The zero-order chi connectivity index (χ0) is 26.6. The van der Waals surface area contributed by atoms with E-state index in [9.17, 15) is 14.0 Å². The van der Waals surface area contributed by atoms with Crippen LogP contribution in [-0.2, 0) is 16.2 Å². The van der Waals surface area contributed by atoms with E-state index >= 15 is 0 Å². The van der Waals surface area contributed by atoms with Crippen molar-refractivity contribution in [2.45, 2.75) is 32.8 Å². The summed E-state index contributed by atoms with van der Waals surface area (Å²) in [6.07, 6.45) is 3.69. The molecule has 0 saturated carbocycles. The number of aliphatic imine (C=N–C) groups is 1. The Kier molecular flexibility index (Phi) is 7.54. The first-order chi connectivity index (χ1) is 18.4. The zero-order valence-electron chi connectivity index (χ0n) is 20.8. The quantitative estimate of drug-likeness (QED) is 0.501. The van der Waals surface area contributed by atoms with Gasteiger partial charge in [-0.2, -0.15) is 15.1 Å². The molecule has 196 valence electrons. The molecule has 1 fully saturated rings. The van der Waals surface area contributed by atoms with Gasteiger partial charge in [-0.1, -0.05) is 18.2 Å². The minimum Gasteiger partial charge on any atom is -0.490 e. The number of hydrazone groups is 1. The number of rotatable bonds is 8. The van der Waals surface area contributed by atoms with Crippen molar-refractivity contribution in [1.29, 1.82) is 5.41 Å². The number of halogens is 1. The standard InChI is InChI=1S/C27H26FN5O4S/c1-2-36-22-14-18(7-10-21(22)37-16-17-5-8-19(28)9-6-17)13-20-25(29)33-27(30-26(20)35)38-23(31-33)15-24(34)32-11-3-4-12-32/h5-10,13-14,29H,2-4,11-12,15-16H2,1H3/b20-13-,29-25?. The van der Waals surface area contributed by atoms with Gasteiger partial charge in [0.1, 0.15) is 17.5 Å². The maximum Gasteiger partial charge on any atom is 0.283 e. The molecule has 2 aromatic rings. The summed E-state index contributed by atoms with van der Waals surface area (Å²) >= 11 is 1.15. The largest absolute Gasteiger partial charge is 0.490 e. The molecular weight excluding hydrogens is 509 g/mol. The lowest BCUT2D eigenvalue weighted by Gasteiger charge is -2.20.